The van der Waals surface area contributed by atoms with Crippen molar-refractivity contribution in [2.24, 2.45) is 11.7 Å². The Bertz CT molecular complexity index is 445. The predicted molar refractivity (Wildman–Crippen MR) is 70.0 cm³/mol. The van der Waals surface area contributed by atoms with Gasteiger partial charge in [0, 0.05) is 6.20 Å². The van der Waals surface area contributed by atoms with Gasteiger partial charge in [0.1, 0.15) is 5.69 Å². The lowest BCUT2D eigenvalue weighted by Gasteiger charge is -2.16. The summed E-state index contributed by atoms with van der Waals surface area (Å²) < 4.78 is 0. The van der Waals surface area contributed by atoms with Crippen molar-refractivity contribution in [2.45, 2.75) is 18.9 Å². The van der Waals surface area contributed by atoms with Gasteiger partial charge >= 0.3 is 0 Å². The van der Waals surface area contributed by atoms with E-state index in [1.807, 2.05) is 0 Å². The Morgan fingerprint density at radius 3 is 2.76 bits per heavy atom. The number of rotatable bonds is 4. The number of thiocarbonyl (C=S) groups is 1. The van der Waals surface area contributed by atoms with Gasteiger partial charge in [-0.1, -0.05) is 23.8 Å². The highest BCUT2D eigenvalue weighted by Gasteiger charge is 2.34. The Labute approximate surface area is 110 Å². The molecule has 0 spiro atoms. The average Bonchev–Trinajstić information content (AvgIpc) is 3.10. The lowest BCUT2D eigenvalue weighted by Crippen LogP contribution is -2.45. The molecule has 1 heterocycles. The first kappa shape index (κ1) is 12.3. The van der Waals surface area contributed by atoms with Gasteiger partial charge in [-0.2, -0.15) is 0 Å². The van der Waals surface area contributed by atoms with Crippen molar-refractivity contribution in [3.8, 4) is 0 Å². The molecule has 6 heteroatoms. The first-order chi connectivity index (χ1) is 8.08. The molecule has 0 aromatic carbocycles. The molecule has 1 aliphatic rings. The third-order valence-corrected chi connectivity index (χ3v) is 3.12. The maximum Gasteiger partial charge on any atom is 0.270 e. The Hall–Kier alpha value is -1.20. The minimum absolute atomic E-state index is 0.227. The molecule has 1 aromatic heterocycles. The van der Waals surface area contributed by atoms with Crippen LogP contribution in [0.25, 0.3) is 0 Å². The van der Waals surface area contributed by atoms with Crippen molar-refractivity contribution in [2.75, 3.05) is 0 Å². The Morgan fingerprint density at radius 1 is 1.59 bits per heavy atom. The van der Waals surface area contributed by atoms with Crippen LogP contribution in [0.3, 0.4) is 0 Å². The molecule has 3 N–H and O–H groups in total. The molecule has 4 nitrogen and oxygen atoms in total. The number of amides is 1. The molecule has 1 unspecified atom stereocenters. The number of nitrogens with two attached hydrogens (primary N) is 1. The molecule has 0 radical (unpaired) electrons. The molecule has 0 aliphatic heterocycles. The van der Waals surface area contributed by atoms with Gasteiger partial charge in [0.15, 0.2) is 0 Å². The molecule has 1 aliphatic carbocycles. The molecule has 1 atom stereocenters. The standard InChI is InChI=1S/C11H12ClN3OS/c12-7-3-4-8(14-5-7)11(16)15-9(10(13)17)6-1-2-6/h3-6,9H,1-2H2,(H2,13,17)(H,15,16). The molecule has 1 fully saturated rings. The minimum atomic E-state index is -0.272. The van der Waals surface area contributed by atoms with Gasteiger partial charge in [-0.3, -0.25) is 4.79 Å². The zero-order valence-corrected chi connectivity index (χ0v) is 10.6. The van der Waals surface area contributed by atoms with E-state index in [0.717, 1.165) is 12.8 Å². The van der Waals surface area contributed by atoms with Crippen molar-refractivity contribution < 1.29 is 4.79 Å². The summed E-state index contributed by atoms with van der Waals surface area (Å²) in [6.07, 6.45) is 3.54. The Kier molecular flexibility index (Phi) is 3.59. The van der Waals surface area contributed by atoms with E-state index >= 15 is 0 Å². The number of nitrogens with one attached hydrogen (secondary N) is 1. The summed E-state index contributed by atoms with van der Waals surface area (Å²) >= 11 is 10.6. The van der Waals surface area contributed by atoms with Gasteiger partial charge in [0.25, 0.3) is 5.91 Å². The van der Waals surface area contributed by atoms with Gasteiger partial charge in [-0.25, -0.2) is 4.98 Å². The molecule has 0 saturated heterocycles. The molecule has 0 bridgehead atoms. The topological polar surface area (TPSA) is 68.0 Å². The summed E-state index contributed by atoms with van der Waals surface area (Å²) in [6, 6.07) is 2.97. The highest BCUT2D eigenvalue weighted by molar-refractivity contribution is 7.80. The van der Waals surface area contributed by atoms with E-state index in [0.29, 0.717) is 21.6 Å². The first-order valence-electron chi connectivity index (χ1n) is 5.29. The second kappa shape index (κ2) is 4.98. The van der Waals surface area contributed by atoms with E-state index in [1.165, 1.54) is 6.20 Å². The van der Waals surface area contributed by atoms with E-state index in [1.54, 1.807) is 12.1 Å². The van der Waals surface area contributed by atoms with Crippen molar-refractivity contribution in [1.82, 2.24) is 10.3 Å². The van der Waals surface area contributed by atoms with Crippen molar-refractivity contribution in [3.63, 3.8) is 0 Å². The zero-order chi connectivity index (χ0) is 12.4. The van der Waals surface area contributed by atoms with Crippen molar-refractivity contribution in [1.29, 1.82) is 0 Å². The summed E-state index contributed by atoms with van der Waals surface area (Å²) in [4.78, 5) is 16.1. The molecule has 17 heavy (non-hydrogen) atoms. The second-order valence-electron chi connectivity index (χ2n) is 4.05. The van der Waals surface area contributed by atoms with E-state index < -0.39 is 0 Å². The van der Waals surface area contributed by atoms with Crippen LogP contribution in [0.15, 0.2) is 18.3 Å². The van der Waals surface area contributed by atoms with E-state index in [4.69, 9.17) is 29.6 Å². The Balaban J connectivity index is 2.04. The fourth-order valence-electron chi connectivity index (χ4n) is 1.58. The lowest BCUT2D eigenvalue weighted by atomic mass is 10.2. The van der Waals surface area contributed by atoms with Crippen LogP contribution in [0.5, 0.6) is 0 Å². The number of nitrogens with zero attached hydrogens (tertiary/aromatic N) is 1. The first-order valence-corrected chi connectivity index (χ1v) is 6.08. The summed E-state index contributed by atoms with van der Waals surface area (Å²) in [5.74, 6) is 0.107. The molecule has 90 valence electrons. The van der Waals surface area contributed by atoms with Gasteiger partial charge in [0.2, 0.25) is 0 Å². The quantitative estimate of drug-likeness (QED) is 0.814. The molecule has 2 rings (SSSR count). The van der Waals surface area contributed by atoms with E-state index in [9.17, 15) is 4.79 Å². The molecular weight excluding hydrogens is 258 g/mol. The fraction of sp³-hybridized carbons (Fsp3) is 0.364. The predicted octanol–water partition coefficient (Wildman–Crippen LogP) is 1.53. The number of pyridine rings is 1. The van der Waals surface area contributed by atoms with Crippen LogP contribution in [-0.2, 0) is 0 Å². The minimum Gasteiger partial charge on any atom is -0.392 e. The lowest BCUT2D eigenvalue weighted by molar-refractivity contribution is 0.0939. The fourth-order valence-corrected chi connectivity index (χ4v) is 1.94. The number of carbonyl (C=O) groups is 1. The van der Waals surface area contributed by atoms with Gasteiger partial charge in [-0.15, -0.1) is 0 Å². The maximum absolute atomic E-state index is 11.9. The van der Waals surface area contributed by atoms with Crippen LogP contribution in [0, 0.1) is 5.92 Å². The zero-order valence-electron chi connectivity index (χ0n) is 9.02. The van der Waals surface area contributed by atoms with Crippen molar-refractivity contribution >= 4 is 34.7 Å². The largest absolute Gasteiger partial charge is 0.392 e. The molecule has 1 amide bonds. The van der Waals surface area contributed by atoms with Gasteiger partial charge in [0.05, 0.1) is 16.1 Å². The summed E-state index contributed by atoms with van der Waals surface area (Å²) in [6.45, 7) is 0. The molecule has 1 aromatic rings. The molecule has 1 saturated carbocycles. The third kappa shape index (κ3) is 3.14. The normalized spacial score (nSPS) is 16.3. The van der Waals surface area contributed by atoms with Crippen LogP contribution in [0.4, 0.5) is 0 Å². The average molecular weight is 270 g/mol. The molecular formula is C11H12ClN3OS. The third-order valence-electron chi connectivity index (χ3n) is 2.65. The Morgan fingerprint density at radius 2 is 2.29 bits per heavy atom. The van der Waals surface area contributed by atoms with Crippen LogP contribution in [-0.4, -0.2) is 21.9 Å². The van der Waals surface area contributed by atoms with Gasteiger partial charge < -0.3 is 11.1 Å². The maximum atomic E-state index is 11.9. The summed E-state index contributed by atoms with van der Waals surface area (Å²) in [5, 5.41) is 3.30. The number of halogens is 1. The number of aromatic nitrogens is 1. The van der Waals surface area contributed by atoms with Crippen LogP contribution >= 0.6 is 23.8 Å². The number of hydrogen-bond acceptors (Lipinski definition) is 3. The SMILES string of the molecule is NC(=S)C(NC(=O)c1ccc(Cl)cn1)C1CC1. The summed E-state index contributed by atoms with van der Waals surface area (Å²) in [5.41, 5.74) is 5.92. The van der Waals surface area contributed by atoms with Crippen LogP contribution in [0.2, 0.25) is 5.02 Å². The van der Waals surface area contributed by atoms with Crippen molar-refractivity contribution in [3.05, 3.63) is 29.0 Å². The second-order valence-corrected chi connectivity index (χ2v) is 4.96. The highest BCUT2D eigenvalue weighted by atomic mass is 35.5. The summed E-state index contributed by atoms with van der Waals surface area (Å²) in [7, 11) is 0. The van der Waals surface area contributed by atoms with Crippen LogP contribution in [0.1, 0.15) is 23.3 Å². The van der Waals surface area contributed by atoms with Crippen LogP contribution < -0.4 is 11.1 Å². The monoisotopic (exact) mass is 269 g/mol. The van der Waals surface area contributed by atoms with Gasteiger partial charge in [-0.05, 0) is 30.9 Å². The van der Waals surface area contributed by atoms with E-state index in [2.05, 4.69) is 10.3 Å². The number of carbonyl (C=O) groups excluding carboxylic acids is 1. The smallest absolute Gasteiger partial charge is 0.270 e. The van der Waals surface area contributed by atoms with E-state index in [-0.39, 0.29) is 11.9 Å². The number of hydrogen-bond donors (Lipinski definition) is 2. The highest BCUT2D eigenvalue weighted by Crippen LogP contribution is 2.32.